The second-order valence-corrected chi connectivity index (χ2v) is 3.78. The van der Waals surface area contributed by atoms with E-state index in [1.165, 1.54) is 6.33 Å². The monoisotopic (exact) mass is 240 g/mol. The number of carboxylic acid groups (broad SMARTS) is 1. The average Bonchev–Trinajstić information content (AvgIpc) is 2.76. The molecule has 17 heavy (non-hydrogen) atoms. The van der Waals surface area contributed by atoms with Gasteiger partial charge in [-0.25, -0.2) is 4.98 Å². The largest absolute Gasteiger partial charge is 0.481 e. The molecule has 94 valence electrons. The van der Waals surface area contributed by atoms with Crippen molar-refractivity contribution in [2.24, 2.45) is 0 Å². The minimum absolute atomic E-state index is 0.0215. The van der Waals surface area contributed by atoms with Gasteiger partial charge in [0.15, 0.2) is 0 Å². The van der Waals surface area contributed by atoms with Gasteiger partial charge in [0, 0.05) is 19.9 Å². The predicted octanol–water partition coefficient (Wildman–Crippen LogP) is 0.408. The van der Waals surface area contributed by atoms with Crippen molar-refractivity contribution in [3.05, 3.63) is 12.2 Å². The molecule has 1 amide bonds. The molecule has 0 spiro atoms. The number of aromatic nitrogens is 3. The lowest BCUT2D eigenvalue weighted by atomic mass is 10.2. The minimum Gasteiger partial charge on any atom is -0.481 e. The number of amides is 1. The first-order valence-corrected chi connectivity index (χ1v) is 5.39. The second kappa shape index (κ2) is 6.62. The number of rotatable bonds is 7. The highest BCUT2D eigenvalue weighted by molar-refractivity contribution is 5.75. The summed E-state index contributed by atoms with van der Waals surface area (Å²) in [4.78, 5) is 27.4. The summed E-state index contributed by atoms with van der Waals surface area (Å²) in [7, 11) is 1.68. The number of hydrogen-bond acceptors (Lipinski definition) is 4. The van der Waals surface area contributed by atoms with Crippen LogP contribution < -0.4 is 0 Å². The highest BCUT2D eigenvalue weighted by Crippen LogP contribution is 2.04. The Labute approximate surface area is 98.8 Å². The van der Waals surface area contributed by atoms with E-state index < -0.39 is 5.97 Å². The Kier molecular flexibility index (Phi) is 5.12. The maximum Gasteiger partial charge on any atom is 0.303 e. The van der Waals surface area contributed by atoms with Crippen molar-refractivity contribution < 1.29 is 14.7 Å². The zero-order chi connectivity index (χ0) is 12.7. The second-order valence-electron chi connectivity index (χ2n) is 3.78. The fraction of sp³-hybridized carbons (Fsp3) is 0.600. The smallest absolute Gasteiger partial charge is 0.303 e. The van der Waals surface area contributed by atoms with Crippen LogP contribution in [-0.4, -0.2) is 44.1 Å². The fourth-order valence-corrected chi connectivity index (χ4v) is 1.36. The van der Waals surface area contributed by atoms with Gasteiger partial charge in [0.1, 0.15) is 12.2 Å². The van der Waals surface area contributed by atoms with Gasteiger partial charge in [-0.3, -0.25) is 14.7 Å². The third-order valence-electron chi connectivity index (χ3n) is 2.31. The van der Waals surface area contributed by atoms with Crippen LogP contribution in [0, 0.1) is 0 Å². The number of carbonyl (C=O) groups is 2. The van der Waals surface area contributed by atoms with E-state index in [-0.39, 0.29) is 12.3 Å². The lowest BCUT2D eigenvalue weighted by Crippen LogP contribution is -2.26. The summed E-state index contributed by atoms with van der Waals surface area (Å²) in [5.41, 5.74) is 0. The van der Waals surface area contributed by atoms with Gasteiger partial charge < -0.3 is 10.0 Å². The van der Waals surface area contributed by atoms with Gasteiger partial charge in [0.25, 0.3) is 0 Å². The molecule has 0 atom stereocenters. The molecule has 0 fully saturated rings. The molecular formula is C10H16N4O3. The van der Waals surface area contributed by atoms with Gasteiger partial charge in [-0.2, -0.15) is 5.10 Å². The molecule has 0 aliphatic rings. The number of unbranched alkanes of at least 4 members (excludes halogenated alkanes) is 1. The molecule has 0 saturated heterocycles. The highest BCUT2D eigenvalue weighted by atomic mass is 16.4. The number of aliphatic carboxylic acids is 1. The summed E-state index contributed by atoms with van der Waals surface area (Å²) < 4.78 is 0. The van der Waals surface area contributed by atoms with Gasteiger partial charge in [0.05, 0.1) is 6.54 Å². The Morgan fingerprint density at radius 1 is 1.41 bits per heavy atom. The van der Waals surface area contributed by atoms with Crippen molar-refractivity contribution in [3.63, 3.8) is 0 Å². The molecule has 0 saturated carbocycles. The van der Waals surface area contributed by atoms with Crippen LogP contribution in [0.3, 0.4) is 0 Å². The molecular weight excluding hydrogens is 224 g/mol. The molecule has 1 heterocycles. The van der Waals surface area contributed by atoms with E-state index in [4.69, 9.17) is 5.11 Å². The Balaban J connectivity index is 2.20. The van der Waals surface area contributed by atoms with E-state index in [1.54, 1.807) is 11.9 Å². The molecule has 0 aliphatic carbocycles. The average molecular weight is 240 g/mol. The number of carbonyl (C=O) groups excluding carboxylic acids is 1. The lowest BCUT2D eigenvalue weighted by Gasteiger charge is -2.15. The quantitative estimate of drug-likeness (QED) is 0.672. The zero-order valence-electron chi connectivity index (χ0n) is 9.72. The van der Waals surface area contributed by atoms with Crippen LogP contribution in [0.1, 0.15) is 31.5 Å². The third-order valence-corrected chi connectivity index (χ3v) is 2.31. The summed E-state index contributed by atoms with van der Waals surface area (Å²) in [5.74, 6) is -0.217. The van der Waals surface area contributed by atoms with Gasteiger partial charge >= 0.3 is 5.97 Å². The highest BCUT2D eigenvalue weighted by Gasteiger charge is 2.10. The van der Waals surface area contributed by atoms with Gasteiger partial charge in [0.2, 0.25) is 5.91 Å². The van der Waals surface area contributed by atoms with Crippen LogP contribution in [0.25, 0.3) is 0 Å². The number of nitrogens with zero attached hydrogens (tertiary/aromatic N) is 3. The zero-order valence-corrected chi connectivity index (χ0v) is 9.72. The SMILES string of the molecule is CN(Cc1ncn[nH]1)C(=O)CCCCC(=O)O. The number of H-pyrrole nitrogens is 1. The summed E-state index contributed by atoms with van der Waals surface area (Å²) in [5, 5.41) is 14.8. The maximum atomic E-state index is 11.6. The summed E-state index contributed by atoms with van der Waals surface area (Å²) in [6, 6.07) is 0. The molecule has 7 heteroatoms. The van der Waals surface area contributed by atoms with Crippen LogP contribution >= 0.6 is 0 Å². The molecule has 0 radical (unpaired) electrons. The van der Waals surface area contributed by atoms with E-state index in [0.29, 0.717) is 31.6 Å². The first-order chi connectivity index (χ1) is 8.09. The van der Waals surface area contributed by atoms with Crippen molar-refractivity contribution >= 4 is 11.9 Å². The van der Waals surface area contributed by atoms with Crippen LogP contribution in [0.5, 0.6) is 0 Å². The number of nitrogens with one attached hydrogen (secondary N) is 1. The molecule has 0 aliphatic heterocycles. The Morgan fingerprint density at radius 3 is 2.71 bits per heavy atom. The maximum absolute atomic E-state index is 11.6. The standard InChI is InChI=1S/C10H16N4O3/c1-14(6-8-11-7-12-13-8)9(15)4-2-3-5-10(16)17/h7H,2-6H2,1H3,(H,16,17)(H,11,12,13). The third kappa shape index (κ3) is 5.10. The number of carboxylic acids is 1. The van der Waals surface area contributed by atoms with E-state index in [1.807, 2.05) is 0 Å². The van der Waals surface area contributed by atoms with Crippen LogP contribution in [0.15, 0.2) is 6.33 Å². The van der Waals surface area contributed by atoms with Crippen molar-refractivity contribution in [2.75, 3.05) is 7.05 Å². The molecule has 0 bridgehead atoms. The molecule has 7 nitrogen and oxygen atoms in total. The van der Waals surface area contributed by atoms with Gasteiger partial charge in [-0.1, -0.05) is 0 Å². The molecule has 2 N–H and O–H groups in total. The normalized spacial score (nSPS) is 10.2. The topological polar surface area (TPSA) is 99.2 Å². The molecule has 0 aromatic carbocycles. The van der Waals surface area contributed by atoms with Crippen LogP contribution in [0.4, 0.5) is 0 Å². The molecule has 1 aromatic heterocycles. The Hall–Kier alpha value is -1.92. The number of aromatic amines is 1. The molecule has 1 aromatic rings. The van der Waals surface area contributed by atoms with Crippen molar-refractivity contribution in [1.29, 1.82) is 0 Å². The Morgan fingerprint density at radius 2 is 2.12 bits per heavy atom. The summed E-state index contributed by atoms with van der Waals surface area (Å²) in [6.07, 6.45) is 2.97. The lowest BCUT2D eigenvalue weighted by molar-refractivity contribution is -0.137. The van der Waals surface area contributed by atoms with E-state index in [0.717, 1.165) is 0 Å². The summed E-state index contributed by atoms with van der Waals surface area (Å²) >= 11 is 0. The minimum atomic E-state index is -0.826. The first-order valence-electron chi connectivity index (χ1n) is 5.39. The van der Waals surface area contributed by atoms with Gasteiger partial charge in [-0.05, 0) is 12.8 Å². The van der Waals surface area contributed by atoms with Crippen molar-refractivity contribution in [1.82, 2.24) is 20.1 Å². The molecule has 0 unspecified atom stereocenters. The van der Waals surface area contributed by atoms with Crippen molar-refractivity contribution in [2.45, 2.75) is 32.2 Å². The van der Waals surface area contributed by atoms with Crippen molar-refractivity contribution in [3.8, 4) is 0 Å². The van der Waals surface area contributed by atoms with E-state index in [2.05, 4.69) is 15.2 Å². The summed E-state index contributed by atoms with van der Waals surface area (Å²) in [6.45, 7) is 0.387. The Bertz CT molecular complexity index is 364. The van der Waals surface area contributed by atoms with Crippen LogP contribution in [-0.2, 0) is 16.1 Å². The van der Waals surface area contributed by atoms with Crippen LogP contribution in [0.2, 0.25) is 0 Å². The number of hydrogen-bond donors (Lipinski definition) is 2. The van der Waals surface area contributed by atoms with E-state index >= 15 is 0 Å². The predicted molar refractivity (Wildman–Crippen MR) is 59.0 cm³/mol. The van der Waals surface area contributed by atoms with Gasteiger partial charge in [-0.15, -0.1) is 0 Å². The first kappa shape index (κ1) is 13.1. The fourth-order valence-electron chi connectivity index (χ4n) is 1.36. The van der Waals surface area contributed by atoms with E-state index in [9.17, 15) is 9.59 Å². The molecule has 1 rings (SSSR count).